The lowest BCUT2D eigenvalue weighted by Gasteiger charge is -2.14. The van der Waals surface area contributed by atoms with E-state index in [0.29, 0.717) is 5.75 Å². The lowest BCUT2D eigenvalue weighted by molar-refractivity contribution is 0.458. The van der Waals surface area contributed by atoms with E-state index in [-0.39, 0.29) is 0 Å². The van der Waals surface area contributed by atoms with Crippen LogP contribution in [0.5, 0.6) is 5.75 Å². The summed E-state index contributed by atoms with van der Waals surface area (Å²) in [5.74, 6) is 2.80. The van der Waals surface area contributed by atoms with Gasteiger partial charge in [0.1, 0.15) is 5.75 Å². The number of thioether (sulfide) groups is 3. The monoisotopic (exact) mass is 310 g/mol. The van der Waals surface area contributed by atoms with Crippen molar-refractivity contribution in [1.82, 2.24) is 0 Å². The van der Waals surface area contributed by atoms with E-state index in [0.717, 1.165) is 27.0 Å². The Labute approximate surface area is 128 Å². The summed E-state index contributed by atoms with van der Waals surface area (Å²) < 4.78 is 0. The average molecular weight is 311 g/mol. The van der Waals surface area contributed by atoms with E-state index in [1.165, 1.54) is 4.90 Å². The molecule has 0 aliphatic rings. The summed E-state index contributed by atoms with van der Waals surface area (Å²) in [5.41, 5.74) is 0. The van der Waals surface area contributed by atoms with Gasteiger partial charge in [0.2, 0.25) is 0 Å². The lowest BCUT2D eigenvalue weighted by atomic mass is 10.3. The van der Waals surface area contributed by atoms with Gasteiger partial charge in [-0.2, -0.15) is 0 Å². The highest BCUT2D eigenvalue weighted by Crippen LogP contribution is 2.43. The van der Waals surface area contributed by atoms with Gasteiger partial charge in [0, 0.05) is 27.0 Å². The van der Waals surface area contributed by atoms with Crippen LogP contribution in [0.4, 0.5) is 0 Å². The van der Waals surface area contributed by atoms with E-state index in [2.05, 4.69) is 19.7 Å². The molecule has 0 spiro atoms. The second kappa shape index (κ2) is 9.23. The normalized spacial score (nSPS) is 10.1. The van der Waals surface area contributed by atoms with E-state index in [9.17, 15) is 5.11 Å². The molecule has 4 heteroatoms. The number of hydrogen-bond acceptors (Lipinski definition) is 4. The van der Waals surface area contributed by atoms with Crippen molar-refractivity contribution in [1.29, 1.82) is 0 Å². The molecule has 0 saturated heterocycles. The predicted octanol–water partition coefficient (Wildman–Crippen LogP) is 5.23. The standard InChI is InChI=1S/C15H18OS3/c1-4-9-17-13-8-7-12(16)14(18-10-5-2)15(13)19-11-6-3/h4-8,16H,1-3,9-11H2. The second-order valence-electron chi connectivity index (χ2n) is 3.54. The van der Waals surface area contributed by atoms with Crippen LogP contribution in [0, 0.1) is 0 Å². The van der Waals surface area contributed by atoms with Crippen LogP contribution in [0.2, 0.25) is 0 Å². The van der Waals surface area contributed by atoms with Crippen LogP contribution in [0.15, 0.2) is 64.8 Å². The summed E-state index contributed by atoms with van der Waals surface area (Å²) in [5, 5.41) is 10.0. The van der Waals surface area contributed by atoms with Gasteiger partial charge < -0.3 is 5.11 Å². The van der Waals surface area contributed by atoms with Crippen LogP contribution < -0.4 is 0 Å². The van der Waals surface area contributed by atoms with E-state index >= 15 is 0 Å². The summed E-state index contributed by atoms with van der Waals surface area (Å²) in [6, 6.07) is 3.72. The Morgan fingerprint density at radius 3 is 1.95 bits per heavy atom. The molecule has 1 nitrogen and oxygen atoms in total. The van der Waals surface area contributed by atoms with Gasteiger partial charge in [-0.3, -0.25) is 0 Å². The smallest absolute Gasteiger partial charge is 0.130 e. The number of rotatable bonds is 9. The van der Waals surface area contributed by atoms with Crippen LogP contribution in [0.25, 0.3) is 0 Å². The first-order valence-electron chi connectivity index (χ1n) is 5.81. The van der Waals surface area contributed by atoms with Crippen molar-refractivity contribution in [2.45, 2.75) is 14.7 Å². The first-order chi connectivity index (χ1) is 9.24. The molecule has 0 bridgehead atoms. The highest BCUT2D eigenvalue weighted by molar-refractivity contribution is 8.04. The molecule has 0 aliphatic carbocycles. The Morgan fingerprint density at radius 2 is 1.37 bits per heavy atom. The molecule has 19 heavy (non-hydrogen) atoms. The number of hydrogen-bond donors (Lipinski definition) is 1. The SMILES string of the molecule is C=CCSc1ccc(O)c(SCC=C)c1SCC=C. The molecule has 0 aromatic heterocycles. The van der Waals surface area contributed by atoms with Crippen molar-refractivity contribution in [3.8, 4) is 5.75 Å². The predicted molar refractivity (Wildman–Crippen MR) is 90.9 cm³/mol. The summed E-state index contributed by atoms with van der Waals surface area (Å²) in [6.07, 6.45) is 5.60. The molecule has 0 heterocycles. The lowest BCUT2D eigenvalue weighted by Crippen LogP contribution is -1.88. The van der Waals surface area contributed by atoms with Gasteiger partial charge in [0.05, 0.1) is 4.90 Å². The van der Waals surface area contributed by atoms with Crippen molar-refractivity contribution in [3.63, 3.8) is 0 Å². The van der Waals surface area contributed by atoms with Crippen LogP contribution in [0.1, 0.15) is 0 Å². The number of phenols is 1. The first-order valence-corrected chi connectivity index (χ1v) is 8.77. The molecule has 0 radical (unpaired) electrons. The van der Waals surface area contributed by atoms with E-state index < -0.39 is 0 Å². The van der Waals surface area contributed by atoms with Crippen molar-refractivity contribution in [2.24, 2.45) is 0 Å². The van der Waals surface area contributed by atoms with Crippen LogP contribution in [0.3, 0.4) is 0 Å². The maximum Gasteiger partial charge on any atom is 0.130 e. The summed E-state index contributed by atoms with van der Waals surface area (Å²) in [7, 11) is 0. The molecule has 1 N–H and O–H groups in total. The minimum Gasteiger partial charge on any atom is -0.507 e. The molecule has 0 atom stereocenters. The fraction of sp³-hybridized carbons (Fsp3) is 0.200. The van der Waals surface area contributed by atoms with E-state index in [1.807, 2.05) is 24.3 Å². The third kappa shape index (κ3) is 5.05. The van der Waals surface area contributed by atoms with Gasteiger partial charge >= 0.3 is 0 Å². The van der Waals surface area contributed by atoms with Gasteiger partial charge in [0.25, 0.3) is 0 Å². The Kier molecular flexibility index (Phi) is 7.94. The topological polar surface area (TPSA) is 20.2 Å². The third-order valence-electron chi connectivity index (χ3n) is 2.10. The fourth-order valence-corrected chi connectivity index (χ4v) is 4.30. The molecular formula is C15H18OS3. The maximum atomic E-state index is 10.0. The molecule has 0 aliphatic heterocycles. The summed E-state index contributed by atoms with van der Waals surface area (Å²) in [6.45, 7) is 11.2. The summed E-state index contributed by atoms with van der Waals surface area (Å²) >= 11 is 5.04. The minimum absolute atomic E-state index is 0.335. The zero-order valence-electron chi connectivity index (χ0n) is 10.8. The third-order valence-corrected chi connectivity index (χ3v) is 5.63. The molecule has 0 unspecified atom stereocenters. The zero-order chi connectivity index (χ0) is 14.1. The van der Waals surface area contributed by atoms with Crippen LogP contribution in [-0.4, -0.2) is 22.4 Å². The quantitative estimate of drug-likeness (QED) is 0.498. The molecule has 0 saturated carbocycles. The molecule has 102 valence electrons. The van der Waals surface area contributed by atoms with E-state index in [1.54, 1.807) is 41.4 Å². The van der Waals surface area contributed by atoms with Gasteiger partial charge in [0.15, 0.2) is 0 Å². The van der Waals surface area contributed by atoms with Gasteiger partial charge in [-0.15, -0.1) is 55.0 Å². The number of aromatic hydroxyl groups is 1. The summed E-state index contributed by atoms with van der Waals surface area (Å²) in [4.78, 5) is 3.23. The van der Waals surface area contributed by atoms with Crippen molar-refractivity contribution in [3.05, 3.63) is 50.1 Å². The molecule has 1 aromatic rings. The maximum absolute atomic E-state index is 10.0. The number of benzene rings is 1. The fourth-order valence-electron chi connectivity index (χ4n) is 1.36. The number of phenolic OH excluding ortho intramolecular Hbond substituents is 1. The van der Waals surface area contributed by atoms with Crippen molar-refractivity contribution >= 4 is 35.3 Å². The largest absolute Gasteiger partial charge is 0.507 e. The zero-order valence-corrected chi connectivity index (χ0v) is 13.3. The Balaban J connectivity index is 3.10. The van der Waals surface area contributed by atoms with Crippen LogP contribution in [-0.2, 0) is 0 Å². The Hall–Kier alpha value is -0.710. The van der Waals surface area contributed by atoms with Gasteiger partial charge in [-0.25, -0.2) is 0 Å². The van der Waals surface area contributed by atoms with Gasteiger partial charge in [-0.1, -0.05) is 18.2 Å². The average Bonchev–Trinajstić information content (AvgIpc) is 2.42. The molecule has 1 rings (SSSR count). The highest BCUT2D eigenvalue weighted by atomic mass is 32.2. The Morgan fingerprint density at radius 1 is 0.842 bits per heavy atom. The first kappa shape index (κ1) is 16.3. The van der Waals surface area contributed by atoms with Gasteiger partial charge in [-0.05, 0) is 12.1 Å². The highest BCUT2D eigenvalue weighted by Gasteiger charge is 2.13. The van der Waals surface area contributed by atoms with E-state index in [4.69, 9.17) is 0 Å². The molecule has 0 fully saturated rings. The second-order valence-corrected chi connectivity index (χ2v) is 6.66. The minimum atomic E-state index is 0.335. The molecule has 1 aromatic carbocycles. The van der Waals surface area contributed by atoms with Crippen molar-refractivity contribution in [2.75, 3.05) is 17.3 Å². The van der Waals surface area contributed by atoms with Crippen LogP contribution >= 0.6 is 35.3 Å². The van der Waals surface area contributed by atoms with Crippen molar-refractivity contribution < 1.29 is 5.11 Å². The molecular weight excluding hydrogens is 292 g/mol. The Bertz CT molecular complexity index is 455. The molecule has 0 amide bonds.